The molecule has 0 saturated carbocycles. The lowest BCUT2D eigenvalue weighted by atomic mass is 9.92. The van der Waals surface area contributed by atoms with E-state index in [-0.39, 0.29) is 0 Å². The van der Waals surface area contributed by atoms with E-state index >= 15 is 0 Å². The van der Waals surface area contributed by atoms with E-state index in [1.807, 2.05) is 0 Å². The highest BCUT2D eigenvalue weighted by molar-refractivity contribution is 5.69. The Morgan fingerprint density at radius 2 is 1.16 bits per heavy atom. The highest BCUT2D eigenvalue weighted by atomic mass is 14.1. The molecule has 0 unspecified atom stereocenters. The Bertz CT molecular complexity index is 836. The summed E-state index contributed by atoms with van der Waals surface area (Å²) in [5, 5.41) is 0. The summed E-state index contributed by atoms with van der Waals surface area (Å²) in [5.74, 6) is 0. The predicted molar refractivity (Wildman–Crippen MR) is 109 cm³/mol. The molecule has 0 aliphatic heterocycles. The molecule has 0 amide bonds. The van der Waals surface area contributed by atoms with Gasteiger partial charge in [0.15, 0.2) is 0 Å². The van der Waals surface area contributed by atoms with Gasteiger partial charge in [0, 0.05) is 0 Å². The number of rotatable bonds is 5. The van der Waals surface area contributed by atoms with Crippen LogP contribution < -0.4 is 0 Å². The molecule has 0 heterocycles. The van der Waals surface area contributed by atoms with Gasteiger partial charge in [0.2, 0.25) is 0 Å². The number of hydrogen-bond donors (Lipinski definition) is 0. The monoisotopic (exact) mass is 328 g/mol. The minimum atomic E-state index is 1.09. The molecule has 0 atom stereocenters. The van der Waals surface area contributed by atoms with Crippen molar-refractivity contribution >= 4 is 0 Å². The number of aryl methyl sites for hydroxylation is 4. The van der Waals surface area contributed by atoms with Crippen molar-refractivity contribution in [3.63, 3.8) is 0 Å². The maximum atomic E-state index is 2.28. The fourth-order valence-electron chi connectivity index (χ4n) is 3.47. The summed E-state index contributed by atoms with van der Waals surface area (Å²) in [4.78, 5) is 0. The zero-order chi connectivity index (χ0) is 17.8. The van der Waals surface area contributed by atoms with Gasteiger partial charge in [0.25, 0.3) is 0 Å². The zero-order valence-corrected chi connectivity index (χ0v) is 15.9. The molecule has 3 aromatic carbocycles. The minimum Gasteiger partial charge on any atom is -0.0613 e. The van der Waals surface area contributed by atoms with Crippen molar-refractivity contribution in [1.82, 2.24) is 0 Å². The Kier molecular flexibility index (Phi) is 5.38. The second-order valence-electron chi connectivity index (χ2n) is 7.06. The fourth-order valence-corrected chi connectivity index (χ4v) is 3.47. The van der Waals surface area contributed by atoms with E-state index in [1.54, 1.807) is 0 Å². The molecule has 0 N–H and O–H groups in total. The molecule has 128 valence electrons. The molecule has 0 heteroatoms. The molecule has 0 fully saturated rings. The van der Waals surface area contributed by atoms with Gasteiger partial charge < -0.3 is 0 Å². The van der Waals surface area contributed by atoms with Crippen LogP contribution in [0.5, 0.6) is 0 Å². The SMILES string of the molecule is CCc1ccc(-c2ccc(CCc3ccc(C)cc3)cc2)c(C)c1C. The van der Waals surface area contributed by atoms with E-state index in [0.717, 1.165) is 19.3 Å². The van der Waals surface area contributed by atoms with E-state index in [0.29, 0.717) is 0 Å². The van der Waals surface area contributed by atoms with Gasteiger partial charge in [-0.1, -0.05) is 73.2 Å². The Balaban J connectivity index is 1.74. The molecule has 3 rings (SSSR count). The molecule has 0 aliphatic carbocycles. The van der Waals surface area contributed by atoms with E-state index in [1.165, 1.54) is 44.5 Å². The van der Waals surface area contributed by atoms with Crippen LogP contribution in [0.25, 0.3) is 11.1 Å². The molecule has 0 spiro atoms. The summed E-state index contributed by atoms with van der Waals surface area (Å²) in [7, 11) is 0. The summed E-state index contributed by atoms with van der Waals surface area (Å²) >= 11 is 0. The van der Waals surface area contributed by atoms with E-state index in [4.69, 9.17) is 0 Å². The summed E-state index contributed by atoms with van der Waals surface area (Å²) in [6, 6.07) is 22.6. The molecule has 0 aromatic heterocycles. The van der Waals surface area contributed by atoms with Gasteiger partial charge >= 0.3 is 0 Å². The van der Waals surface area contributed by atoms with Crippen LogP contribution in [-0.4, -0.2) is 0 Å². The maximum absolute atomic E-state index is 2.28. The molecular weight excluding hydrogens is 300 g/mol. The van der Waals surface area contributed by atoms with E-state index < -0.39 is 0 Å². The fraction of sp³-hybridized carbons (Fsp3) is 0.280. The first kappa shape index (κ1) is 17.5. The van der Waals surface area contributed by atoms with Gasteiger partial charge in [0.05, 0.1) is 0 Å². The third-order valence-electron chi connectivity index (χ3n) is 5.37. The summed E-state index contributed by atoms with van der Waals surface area (Å²) in [6.07, 6.45) is 3.30. The average Bonchev–Trinajstić information content (AvgIpc) is 2.64. The molecule has 3 aromatic rings. The van der Waals surface area contributed by atoms with Gasteiger partial charge in [-0.25, -0.2) is 0 Å². The van der Waals surface area contributed by atoms with Crippen LogP contribution in [0.2, 0.25) is 0 Å². The van der Waals surface area contributed by atoms with Gasteiger partial charge in [-0.2, -0.15) is 0 Å². The molecule has 0 aliphatic rings. The van der Waals surface area contributed by atoms with Crippen LogP contribution in [0.15, 0.2) is 60.7 Å². The van der Waals surface area contributed by atoms with Crippen molar-refractivity contribution in [2.45, 2.75) is 47.0 Å². The normalized spacial score (nSPS) is 10.9. The third-order valence-corrected chi connectivity index (χ3v) is 5.37. The lowest BCUT2D eigenvalue weighted by Gasteiger charge is -2.13. The van der Waals surface area contributed by atoms with E-state index in [2.05, 4.69) is 88.4 Å². The quantitative estimate of drug-likeness (QED) is 0.493. The van der Waals surface area contributed by atoms with Crippen molar-refractivity contribution in [2.75, 3.05) is 0 Å². The van der Waals surface area contributed by atoms with Crippen LogP contribution in [-0.2, 0) is 19.3 Å². The van der Waals surface area contributed by atoms with Gasteiger partial charge in [-0.15, -0.1) is 0 Å². The van der Waals surface area contributed by atoms with Gasteiger partial charge in [-0.3, -0.25) is 0 Å². The zero-order valence-electron chi connectivity index (χ0n) is 15.9. The lowest BCUT2D eigenvalue weighted by Crippen LogP contribution is -1.94. The van der Waals surface area contributed by atoms with Crippen molar-refractivity contribution in [1.29, 1.82) is 0 Å². The Morgan fingerprint density at radius 1 is 0.600 bits per heavy atom. The second kappa shape index (κ2) is 7.70. The number of hydrogen-bond acceptors (Lipinski definition) is 0. The summed E-state index contributed by atoms with van der Waals surface area (Å²) < 4.78 is 0. The first-order valence-corrected chi connectivity index (χ1v) is 9.32. The number of benzene rings is 3. The van der Waals surface area contributed by atoms with Crippen molar-refractivity contribution in [3.8, 4) is 11.1 Å². The van der Waals surface area contributed by atoms with Crippen LogP contribution in [0.3, 0.4) is 0 Å². The van der Waals surface area contributed by atoms with Crippen molar-refractivity contribution in [2.24, 2.45) is 0 Å². The Hall–Kier alpha value is -2.34. The molecule has 0 radical (unpaired) electrons. The van der Waals surface area contributed by atoms with Gasteiger partial charge in [0.1, 0.15) is 0 Å². The van der Waals surface area contributed by atoms with Crippen molar-refractivity contribution in [3.05, 3.63) is 94.0 Å². The average molecular weight is 328 g/mol. The summed E-state index contributed by atoms with van der Waals surface area (Å²) in [6.45, 7) is 8.85. The molecule has 25 heavy (non-hydrogen) atoms. The first-order chi connectivity index (χ1) is 12.1. The summed E-state index contributed by atoms with van der Waals surface area (Å²) in [5.41, 5.74) is 11.1. The first-order valence-electron chi connectivity index (χ1n) is 9.32. The third kappa shape index (κ3) is 4.02. The molecule has 0 bridgehead atoms. The smallest absolute Gasteiger partial charge is 0.0152 e. The van der Waals surface area contributed by atoms with Crippen LogP contribution >= 0.6 is 0 Å². The highest BCUT2D eigenvalue weighted by Gasteiger charge is 2.07. The molecular formula is C25H28. The van der Waals surface area contributed by atoms with Gasteiger partial charge in [-0.05, 0) is 79.0 Å². The largest absolute Gasteiger partial charge is 0.0613 e. The second-order valence-corrected chi connectivity index (χ2v) is 7.06. The maximum Gasteiger partial charge on any atom is -0.0152 e. The van der Waals surface area contributed by atoms with Crippen molar-refractivity contribution < 1.29 is 0 Å². The van der Waals surface area contributed by atoms with E-state index in [9.17, 15) is 0 Å². The topological polar surface area (TPSA) is 0 Å². The minimum absolute atomic E-state index is 1.09. The molecule has 0 saturated heterocycles. The van der Waals surface area contributed by atoms with Crippen LogP contribution in [0.1, 0.15) is 40.3 Å². The Labute approximate surface area is 152 Å². The standard InChI is InChI=1S/C25H28/c1-5-23-16-17-25(20(4)19(23)3)24-14-12-22(13-15-24)11-10-21-8-6-18(2)7-9-21/h6-9,12-17H,5,10-11H2,1-4H3. The van der Waals surface area contributed by atoms with Crippen LogP contribution in [0, 0.1) is 20.8 Å². The Morgan fingerprint density at radius 3 is 1.72 bits per heavy atom. The molecule has 0 nitrogen and oxygen atoms in total. The predicted octanol–water partition coefficient (Wildman–Crippen LogP) is 6.63. The lowest BCUT2D eigenvalue weighted by molar-refractivity contribution is 0.959. The highest BCUT2D eigenvalue weighted by Crippen LogP contribution is 2.28. The van der Waals surface area contributed by atoms with Crippen LogP contribution in [0.4, 0.5) is 0 Å².